The van der Waals surface area contributed by atoms with Gasteiger partial charge in [-0.25, -0.2) is 0 Å². The molecule has 0 aliphatic rings. The summed E-state index contributed by atoms with van der Waals surface area (Å²) in [5.41, 5.74) is 8.54. The monoisotopic (exact) mass is 224 g/mol. The number of rotatable bonds is 2. The standard InChI is InChI=1S/C13H12N4/c14-11-5-3-4-10(8-11)9-13-16-15-12-6-1-2-7-17(12)13/h1-8H,9,14H2. The Morgan fingerprint density at radius 1 is 1.06 bits per heavy atom. The van der Waals surface area contributed by atoms with Gasteiger partial charge in [0.25, 0.3) is 0 Å². The molecule has 84 valence electrons. The molecule has 17 heavy (non-hydrogen) atoms. The van der Waals surface area contributed by atoms with Gasteiger partial charge in [-0.1, -0.05) is 18.2 Å². The molecule has 0 radical (unpaired) electrons. The maximum absolute atomic E-state index is 5.76. The van der Waals surface area contributed by atoms with Crippen LogP contribution in [0.2, 0.25) is 0 Å². The molecule has 0 unspecified atom stereocenters. The van der Waals surface area contributed by atoms with Crippen molar-refractivity contribution >= 4 is 11.3 Å². The number of nitrogen functional groups attached to an aromatic ring is 1. The number of aromatic nitrogens is 3. The molecule has 4 heteroatoms. The Morgan fingerprint density at radius 2 is 2.00 bits per heavy atom. The number of fused-ring (bicyclic) bond motifs is 1. The highest BCUT2D eigenvalue weighted by Crippen LogP contribution is 2.12. The zero-order chi connectivity index (χ0) is 11.7. The fourth-order valence-electron chi connectivity index (χ4n) is 1.90. The van der Waals surface area contributed by atoms with Crippen molar-refractivity contribution < 1.29 is 0 Å². The number of nitrogens with zero attached hydrogens (tertiary/aromatic N) is 3. The lowest BCUT2D eigenvalue weighted by molar-refractivity contribution is 0.935. The lowest BCUT2D eigenvalue weighted by atomic mass is 10.1. The van der Waals surface area contributed by atoms with Crippen LogP contribution in [0.15, 0.2) is 48.7 Å². The van der Waals surface area contributed by atoms with Crippen molar-refractivity contribution in [2.75, 3.05) is 5.73 Å². The second kappa shape index (κ2) is 3.90. The van der Waals surface area contributed by atoms with Crippen molar-refractivity contribution in [1.29, 1.82) is 0 Å². The summed E-state index contributed by atoms with van der Waals surface area (Å²) >= 11 is 0. The van der Waals surface area contributed by atoms with Gasteiger partial charge >= 0.3 is 0 Å². The zero-order valence-corrected chi connectivity index (χ0v) is 9.24. The predicted molar refractivity (Wildman–Crippen MR) is 66.6 cm³/mol. The molecule has 2 N–H and O–H groups in total. The number of hydrogen-bond donors (Lipinski definition) is 1. The lowest BCUT2D eigenvalue weighted by Gasteiger charge is -2.01. The van der Waals surface area contributed by atoms with Gasteiger partial charge in [-0.15, -0.1) is 10.2 Å². The quantitative estimate of drug-likeness (QED) is 0.676. The minimum atomic E-state index is 0.732. The molecule has 4 nitrogen and oxygen atoms in total. The maximum Gasteiger partial charge on any atom is 0.160 e. The van der Waals surface area contributed by atoms with Crippen molar-refractivity contribution in [3.8, 4) is 0 Å². The summed E-state index contributed by atoms with van der Waals surface area (Å²) in [4.78, 5) is 0. The number of hydrogen-bond acceptors (Lipinski definition) is 3. The fraction of sp³-hybridized carbons (Fsp3) is 0.0769. The largest absolute Gasteiger partial charge is 0.399 e. The van der Waals surface area contributed by atoms with Gasteiger partial charge in [0, 0.05) is 18.3 Å². The van der Waals surface area contributed by atoms with Gasteiger partial charge in [-0.05, 0) is 29.8 Å². The van der Waals surface area contributed by atoms with Crippen molar-refractivity contribution in [3.63, 3.8) is 0 Å². The molecular formula is C13H12N4. The summed E-state index contributed by atoms with van der Waals surface area (Å²) in [5, 5.41) is 8.31. The number of nitrogens with two attached hydrogens (primary N) is 1. The van der Waals surface area contributed by atoms with E-state index >= 15 is 0 Å². The summed E-state index contributed by atoms with van der Waals surface area (Å²) in [6, 6.07) is 13.7. The lowest BCUT2D eigenvalue weighted by Crippen LogP contribution is -1.96. The van der Waals surface area contributed by atoms with Crippen molar-refractivity contribution in [2.24, 2.45) is 0 Å². The number of anilines is 1. The van der Waals surface area contributed by atoms with E-state index in [0.717, 1.165) is 29.1 Å². The van der Waals surface area contributed by atoms with Gasteiger partial charge in [0.2, 0.25) is 0 Å². The molecule has 0 saturated carbocycles. The minimum absolute atomic E-state index is 0.732. The van der Waals surface area contributed by atoms with Crippen LogP contribution in [0.5, 0.6) is 0 Å². The van der Waals surface area contributed by atoms with Crippen LogP contribution in [-0.4, -0.2) is 14.6 Å². The summed E-state index contributed by atoms with van der Waals surface area (Å²) in [5.74, 6) is 0.922. The molecular weight excluding hydrogens is 212 g/mol. The van der Waals surface area contributed by atoms with E-state index in [1.807, 2.05) is 53.1 Å². The third-order valence-electron chi connectivity index (χ3n) is 2.70. The summed E-state index contributed by atoms with van der Waals surface area (Å²) in [6.45, 7) is 0. The molecule has 0 aliphatic heterocycles. The Hall–Kier alpha value is -2.36. The Morgan fingerprint density at radius 3 is 2.88 bits per heavy atom. The molecule has 3 rings (SSSR count). The number of benzene rings is 1. The molecule has 0 atom stereocenters. The highest BCUT2D eigenvalue weighted by molar-refractivity contribution is 5.42. The first-order valence-electron chi connectivity index (χ1n) is 5.46. The second-order valence-electron chi connectivity index (χ2n) is 3.97. The average Bonchev–Trinajstić information content (AvgIpc) is 2.73. The third-order valence-corrected chi connectivity index (χ3v) is 2.70. The smallest absolute Gasteiger partial charge is 0.160 e. The van der Waals surface area contributed by atoms with E-state index in [9.17, 15) is 0 Å². The summed E-state index contributed by atoms with van der Waals surface area (Å²) in [6.07, 6.45) is 2.70. The van der Waals surface area contributed by atoms with Gasteiger partial charge in [-0.2, -0.15) is 0 Å². The van der Waals surface area contributed by atoms with Gasteiger partial charge in [0.1, 0.15) is 5.82 Å². The van der Waals surface area contributed by atoms with E-state index in [1.165, 1.54) is 0 Å². The Bertz CT molecular complexity index is 657. The summed E-state index contributed by atoms with van der Waals surface area (Å²) in [7, 11) is 0. The van der Waals surface area contributed by atoms with Crippen molar-refractivity contribution in [3.05, 3.63) is 60.0 Å². The number of pyridine rings is 1. The van der Waals surface area contributed by atoms with Crippen molar-refractivity contribution in [1.82, 2.24) is 14.6 Å². The van der Waals surface area contributed by atoms with E-state index in [2.05, 4.69) is 10.2 Å². The van der Waals surface area contributed by atoms with Gasteiger partial charge in [0.15, 0.2) is 5.65 Å². The molecule has 2 heterocycles. The molecule has 0 spiro atoms. The normalized spacial score (nSPS) is 10.8. The third kappa shape index (κ3) is 1.85. The summed E-state index contributed by atoms with van der Waals surface area (Å²) < 4.78 is 1.99. The van der Waals surface area contributed by atoms with Gasteiger partial charge < -0.3 is 5.73 Å². The molecule has 3 aromatic rings. The van der Waals surface area contributed by atoms with Crippen LogP contribution in [0, 0.1) is 0 Å². The van der Waals surface area contributed by atoms with Crippen molar-refractivity contribution in [2.45, 2.75) is 6.42 Å². The Balaban J connectivity index is 2.00. The Kier molecular flexibility index (Phi) is 2.26. The highest BCUT2D eigenvalue weighted by Gasteiger charge is 2.05. The van der Waals surface area contributed by atoms with Gasteiger partial charge in [-0.3, -0.25) is 4.40 Å². The van der Waals surface area contributed by atoms with Crippen LogP contribution in [0.4, 0.5) is 5.69 Å². The van der Waals surface area contributed by atoms with Crippen LogP contribution in [0.3, 0.4) is 0 Å². The Labute approximate surface area is 98.7 Å². The maximum atomic E-state index is 5.76. The topological polar surface area (TPSA) is 56.2 Å². The van der Waals surface area contributed by atoms with Crippen LogP contribution in [0.25, 0.3) is 5.65 Å². The molecule has 1 aromatic carbocycles. The second-order valence-corrected chi connectivity index (χ2v) is 3.97. The van der Waals surface area contributed by atoms with Crippen LogP contribution < -0.4 is 5.73 Å². The molecule has 0 saturated heterocycles. The molecule has 0 fully saturated rings. The van der Waals surface area contributed by atoms with Crippen LogP contribution in [0.1, 0.15) is 11.4 Å². The van der Waals surface area contributed by atoms with E-state index in [1.54, 1.807) is 0 Å². The molecule has 0 aliphatic carbocycles. The van der Waals surface area contributed by atoms with Crippen LogP contribution in [-0.2, 0) is 6.42 Å². The van der Waals surface area contributed by atoms with Crippen LogP contribution >= 0.6 is 0 Å². The SMILES string of the molecule is Nc1cccc(Cc2nnc3ccccn23)c1. The fourth-order valence-corrected chi connectivity index (χ4v) is 1.90. The highest BCUT2D eigenvalue weighted by atomic mass is 15.2. The first kappa shape index (κ1) is 9.84. The predicted octanol–water partition coefficient (Wildman–Crippen LogP) is 1.90. The molecule has 0 amide bonds. The van der Waals surface area contributed by atoms with E-state index in [-0.39, 0.29) is 0 Å². The first-order chi connectivity index (χ1) is 8.33. The minimum Gasteiger partial charge on any atom is -0.399 e. The molecule has 2 aromatic heterocycles. The average molecular weight is 224 g/mol. The zero-order valence-electron chi connectivity index (χ0n) is 9.24. The molecule has 0 bridgehead atoms. The van der Waals surface area contributed by atoms with E-state index < -0.39 is 0 Å². The van der Waals surface area contributed by atoms with E-state index in [4.69, 9.17) is 5.73 Å². The van der Waals surface area contributed by atoms with E-state index in [0.29, 0.717) is 0 Å². The van der Waals surface area contributed by atoms with Gasteiger partial charge in [0.05, 0.1) is 0 Å². The first-order valence-corrected chi connectivity index (χ1v) is 5.46.